The Kier molecular flexibility index (Phi) is 2.55. The molecule has 3 rings (SSSR count). The van der Waals surface area contributed by atoms with Crippen LogP contribution in [0.3, 0.4) is 0 Å². The lowest BCUT2D eigenvalue weighted by Crippen LogP contribution is -2.28. The molecule has 0 saturated carbocycles. The minimum absolute atomic E-state index is 0.327. The average Bonchev–Trinajstić information content (AvgIpc) is 2.83. The van der Waals surface area contributed by atoms with Gasteiger partial charge < -0.3 is 10.3 Å². The maximum absolute atomic E-state index is 11.7. The first-order valence-electron chi connectivity index (χ1n) is 6.06. The van der Waals surface area contributed by atoms with Gasteiger partial charge in [0.05, 0.1) is 0 Å². The SMILES string of the molecule is Cn1c(=O)[nH]c(=O)c2[nH]c(C3CCNCC3)nc21. The van der Waals surface area contributed by atoms with Crippen LogP contribution in [0, 0.1) is 0 Å². The molecule has 1 aliphatic heterocycles. The smallest absolute Gasteiger partial charge is 0.329 e. The number of aryl methyl sites for hydroxylation is 1. The highest BCUT2D eigenvalue weighted by Gasteiger charge is 2.20. The van der Waals surface area contributed by atoms with E-state index >= 15 is 0 Å². The molecule has 0 bridgehead atoms. The number of aromatic amines is 2. The number of piperidine rings is 1. The van der Waals surface area contributed by atoms with Crippen LogP contribution in [0.1, 0.15) is 24.6 Å². The summed E-state index contributed by atoms with van der Waals surface area (Å²) in [5, 5.41) is 3.29. The predicted octanol–water partition coefficient (Wildman–Crippen LogP) is -0.583. The van der Waals surface area contributed by atoms with Gasteiger partial charge in [-0.2, -0.15) is 0 Å². The van der Waals surface area contributed by atoms with Gasteiger partial charge in [-0.15, -0.1) is 0 Å². The van der Waals surface area contributed by atoms with Gasteiger partial charge in [0.2, 0.25) is 0 Å². The molecule has 0 aliphatic carbocycles. The molecule has 0 aromatic carbocycles. The Bertz CT molecular complexity index is 690. The lowest BCUT2D eigenvalue weighted by Gasteiger charge is -2.20. The van der Waals surface area contributed by atoms with Crippen LogP contribution < -0.4 is 16.6 Å². The number of hydrogen-bond acceptors (Lipinski definition) is 4. The number of imidazole rings is 1. The summed E-state index contributed by atoms with van der Waals surface area (Å²) in [4.78, 5) is 32.9. The normalized spacial score (nSPS) is 17.4. The second kappa shape index (κ2) is 4.09. The van der Waals surface area contributed by atoms with E-state index in [1.807, 2.05) is 0 Å². The molecule has 96 valence electrons. The molecule has 3 N–H and O–H groups in total. The van der Waals surface area contributed by atoms with Gasteiger partial charge in [-0.1, -0.05) is 0 Å². The van der Waals surface area contributed by atoms with E-state index in [9.17, 15) is 9.59 Å². The standard InChI is InChI=1S/C11H15N5O2/c1-16-9-7(10(17)15-11(16)18)13-8(14-9)6-2-4-12-5-3-6/h6,12H,2-5H2,1H3,(H,13,14)(H,15,17,18). The van der Waals surface area contributed by atoms with E-state index in [1.165, 1.54) is 4.57 Å². The highest BCUT2D eigenvalue weighted by Crippen LogP contribution is 2.23. The third-order valence-electron chi connectivity index (χ3n) is 3.50. The van der Waals surface area contributed by atoms with E-state index in [0.29, 0.717) is 17.1 Å². The van der Waals surface area contributed by atoms with Crippen molar-refractivity contribution in [1.29, 1.82) is 0 Å². The number of hydrogen-bond donors (Lipinski definition) is 3. The molecule has 7 heteroatoms. The Morgan fingerprint density at radius 3 is 2.67 bits per heavy atom. The molecule has 18 heavy (non-hydrogen) atoms. The van der Waals surface area contributed by atoms with E-state index in [1.54, 1.807) is 7.05 Å². The fraction of sp³-hybridized carbons (Fsp3) is 0.545. The Labute approximate surface area is 102 Å². The Morgan fingerprint density at radius 1 is 1.22 bits per heavy atom. The van der Waals surface area contributed by atoms with Crippen molar-refractivity contribution in [2.75, 3.05) is 13.1 Å². The minimum Gasteiger partial charge on any atom is -0.336 e. The van der Waals surface area contributed by atoms with Crippen molar-refractivity contribution in [3.05, 3.63) is 26.7 Å². The first-order valence-corrected chi connectivity index (χ1v) is 6.06. The summed E-state index contributed by atoms with van der Waals surface area (Å²) < 4.78 is 1.36. The van der Waals surface area contributed by atoms with Crippen LogP contribution in [0.15, 0.2) is 9.59 Å². The maximum Gasteiger partial charge on any atom is 0.329 e. The largest absolute Gasteiger partial charge is 0.336 e. The summed E-state index contributed by atoms with van der Waals surface area (Å²) in [5.74, 6) is 1.13. The summed E-state index contributed by atoms with van der Waals surface area (Å²) in [5.41, 5.74) is -0.0282. The van der Waals surface area contributed by atoms with Crippen LogP contribution in [0.5, 0.6) is 0 Å². The van der Waals surface area contributed by atoms with E-state index in [0.717, 1.165) is 31.8 Å². The van der Waals surface area contributed by atoms with Crippen molar-refractivity contribution >= 4 is 11.2 Å². The lowest BCUT2D eigenvalue weighted by molar-refractivity contribution is 0.448. The van der Waals surface area contributed by atoms with Gasteiger partial charge in [-0.25, -0.2) is 9.78 Å². The third kappa shape index (κ3) is 1.67. The van der Waals surface area contributed by atoms with Crippen molar-refractivity contribution in [2.24, 2.45) is 7.05 Å². The van der Waals surface area contributed by atoms with E-state index in [-0.39, 0.29) is 0 Å². The van der Waals surface area contributed by atoms with Crippen molar-refractivity contribution in [2.45, 2.75) is 18.8 Å². The number of nitrogens with zero attached hydrogens (tertiary/aromatic N) is 2. The zero-order valence-electron chi connectivity index (χ0n) is 10.1. The number of nitrogens with one attached hydrogen (secondary N) is 3. The van der Waals surface area contributed by atoms with Crippen molar-refractivity contribution < 1.29 is 0 Å². The molecule has 0 amide bonds. The van der Waals surface area contributed by atoms with Gasteiger partial charge in [-0.3, -0.25) is 14.3 Å². The number of fused-ring (bicyclic) bond motifs is 1. The van der Waals surface area contributed by atoms with Crippen LogP contribution >= 0.6 is 0 Å². The van der Waals surface area contributed by atoms with E-state index in [2.05, 4.69) is 20.3 Å². The van der Waals surface area contributed by atoms with Crippen LogP contribution in [0.2, 0.25) is 0 Å². The minimum atomic E-state index is -0.434. The highest BCUT2D eigenvalue weighted by atomic mass is 16.2. The van der Waals surface area contributed by atoms with Crippen molar-refractivity contribution in [1.82, 2.24) is 24.8 Å². The van der Waals surface area contributed by atoms with E-state index < -0.39 is 11.2 Å². The number of aromatic nitrogens is 4. The molecule has 1 fully saturated rings. The molecular weight excluding hydrogens is 234 g/mol. The molecule has 0 atom stereocenters. The first-order chi connectivity index (χ1) is 8.66. The van der Waals surface area contributed by atoms with Gasteiger partial charge >= 0.3 is 5.69 Å². The van der Waals surface area contributed by atoms with Crippen LogP contribution in [-0.2, 0) is 7.05 Å². The molecule has 1 saturated heterocycles. The van der Waals surface area contributed by atoms with Gasteiger partial charge in [0.15, 0.2) is 5.65 Å². The van der Waals surface area contributed by atoms with Gasteiger partial charge in [0.25, 0.3) is 5.56 Å². The summed E-state index contributed by atoms with van der Waals surface area (Å²) in [6.07, 6.45) is 1.98. The average molecular weight is 249 g/mol. The first kappa shape index (κ1) is 11.2. The number of rotatable bonds is 1. The molecule has 7 nitrogen and oxygen atoms in total. The van der Waals surface area contributed by atoms with Gasteiger partial charge in [-0.05, 0) is 25.9 Å². The van der Waals surface area contributed by atoms with E-state index in [4.69, 9.17) is 0 Å². The van der Waals surface area contributed by atoms with Crippen LogP contribution in [-0.4, -0.2) is 32.6 Å². The highest BCUT2D eigenvalue weighted by molar-refractivity contribution is 5.69. The maximum atomic E-state index is 11.7. The Balaban J connectivity index is 2.16. The molecule has 0 spiro atoms. The summed E-state index contributed by atoms with van der Waals surface area (Å²) >= 11 is 0. The molecular formula is C11H15N5O2. The van der Waals surface area contributed by atoms with Gasteiger partial charge in [0, 0.05) is 13.0 Å². The zero-order valence-corrected chi connectivity index (χ0v) is 10.1. The fourth-order valence-electron chi connectivity index (χ4n) is 2.41. The lowest BCUT2D eigenvalue weighted by atomic mass is 9.98. The van der Waals surface area contributed by atoms with Crippen LogP contribution in [0.25, 0.3) is 11.2 Å². The molecule has 2 aromatic rings. The topological polar surface area (TPSA) is 95.6 Å². The summed E-state index contributed by atoms with van der Waals surface area (Å²) in [7, 11) is 1.60. The monoisotopic (exact) mass is 249 g/mol. The molecule has 1 aliphatic rings. The molecule has 2 aromatic heterocycles. The second-order valence-electron chi connectivity index (χ2n) is 4.66. The molecule has 0 unspecified atom stereocenters. The molecule has 0 radical (unpaired) electrons. The quantitative estimate of drug-likeness (QED) is 0.630. The number of H-pyrrole nitrogens is 2. The third-order valence-corrected chi connectivity index (χ3v) is 3.50. The summed E-state index contributed by atoms with van der Waals surface area (Å²) in [6, 6.07) is 0. The fourth-order valence-corrected chi connectivity index (χ4v) is 2.41. The Hall–Kier alpha value is -1.89. The predicted molar refractivity (Wildman–Crippen MR) is 66.8 cm³/mol. The van der Waals surface area contributed by atoms with Crippen LogP contribution in [0.4, 0.5) is 0 Å². The molecule has 3 heterocycles. The Morgan fingerprint density at radius 2 is 1.94 bits per heavy atom. The zero-order chi connectivity index (χ0) is 12.7. The second-order valence-corrected chi connectivity index (χ2v) is 4.66. The van der Waals surface area contributed by atoms with Gasteiger partial charge in [0.1, 0.15) is 11.3 Å². The summed E-state index contributed by atoms with van der Waals surface area (Å²) in [6.45, 7) is 1.91. The van der Waals surface area contributed by atoms with Crippen molar-refractivity contribution in [3.8, 4) is 0 Å². The van der Waals surface area contributed by atoms with Crippen molar-refractivity contribution in [3.63, 3.8) is 0 Å².